The number of carbonyl (C=O) groups is 1. The van der Waals surface area contributed by atoms with Crippen LogP contribution in [0.1, 0.15) is 39.8 Å². The van der Waals surface area contributed by atoms with Crippen molar-refractivity contribution in [2.24, 2.45) is 0 Å². The highest BCUT2D eigenvalue weighted by atomic mass is 19.4. The van der Waals surface area contributed by atoms with Gasteiger partial charge in [-0.25, -0.2) is 9.78 Å². The number of hydrogen-bond donors (Lipinski definition) is 0. The van der Waals surface area contributed by atoms with Gasteiger partial charge in [0.1, 0.15) is 5.82 Å². The number of ether oxygens (including phenoxy) is 1. The zero-order valence-corrected chi connectivity index (χ0v) is 17.6. The Balaban J connectivity index is 1.79. The lowest BCUT2D eigenvalue weighted by Crippen LogP contribution is -2.08. The maximum Gasteiger partial charge on any atom is 0.416 e. The molecular formula is C25H21F3N2O2. The Hall–Kier alpha value is -3.61. The van der Waals surface area contributed by atoms with Gasteiger partial charge in [-0.1, -0.05) is 24.3 Å². The summed E-state index contributed by atoms with van der Waals surface area (Å²) in [7, 11) is 0. The zero-order valence-electron chi connectivity index (χ0n) is 17.6. The summed E-state index contributed by atoms with van der Waals surface area (Å²) in [5, 5.41) is 0. The molecule has 0 aliphatic carbocycles. The third kappa shape index (κ3) is 4.37. The van der Waals surface area contributed by atoms with E-state index in [1.165, 1.54) is 12.1 Å². The van der Waals surface area contributed by atoms with E-state index in [1.807, 2.05) is 35.8 Å². The van der Waals surface area contributed by atoms with Gasteiger partial charge in [-0.2, -0.15) is 13.2 Å². The molecule has 1 heterocycles. The summed E-state index contributed by atoms with van der Waals surface area (Å²) in [6.07, 6.45) is -4.05. The molecule has 0 fully saturated rings. The molecule has 0 saturated heterocycles. The van der Waals surface area contributed by atoms with Crippen molar-refractivity contribution in [3.05, 3.63) is 94.8 Å². The highest BCUT2D eigenvalue weighted by Crippen LogP contribution is 2.30. The lowest BCUT2D eigenvalue weighted by Gasteiger charge is -2.12. The molecule has 0 bridgehead atoms. The minimum absolute atomic E-state index is 0.273. The maximum atomic E-state index is 12.9. The molecule has 3 aromatic carbocycles. The van der Waals surface area contributed by atoms with Crippen LogP contribution in [-0.4, -0.2) is 22.1 Å². The first-order chi connectivity index (χ1) is 15.3. The second-order valence-corrected chi connectivity index (χ2v) is 7.50. The van der Waals surface area contributed by atoms with Crippen molar-refractivity contribution in [3.63, 3.8) is 0 Å². The van der Waals surface area contributed by atoms with E-state index in [1.54, 1.807) is 25.1 Å². The van der Waals surface area contributed by atoms with Gasteiger partial charge < -0.3 is 4.74 Å². The third-order valence-electron chi connectivity index (χ3n) is 5.14. The summed E-state index contributed by atoms with van der Waals surface area (Å²) in [6, 6.07) is 18.0. The maximum absolute atomic E-state index is 12.9. The van der Waals surface area contributed by atoms with Gasteiger partial charge in [0, 0.05) is 12.1 Å². The number of esters is 1. The van der Waals surface area contributed by atoms with Crippen molar-refractivity contribution in [1.82, 2.24) is 9.55 Å². The molecule has 0 amide bonds. The predicted molar refractivity (Wildman–Crippen MR) is 116 cm³/mol. The smallest absolute Gasteiger partial charge is 0.416 e. The van der Waals surface area contributed by atoms with Crippen LogP contribution in [0, 0.1) is 6.92 Å². The standard InChI is InChI=1S/C25H21F3N2O2/c1-3-32-24(31)18-5-4-6-20(15-18)30-22-12-7-16(2)13-21(22)29-23(30)14-17-8-10-19(11-9-17)25(26,27)28/h4-13,15H,3,14H2,1-2H3. The largest absolute Gasteiger partial charge is 0.462 e. The molecule has 0 atom stereocenters. The van der Waals surface area contributed by atoms with Crippen molar-refractivity contribution < 1.29 is 22.7 Å². The van der Waals surface area contributed by atoms with E-state index in [4.69, 9.17) is 9.72 Å². The SMILES string of the molecule is CCOC(=O)c1cccc(-n2c(Cc3ccc(C(F)(F)F)cc3)nc3cc(C)ccc32)c1. The second-order valence-electron chi connectivity index (χ2n) is 7.50. The summed E-state index contributed by atoms with van der Waals surface area (Å²) in [5.41, 5.74) is 3.82. The lowest BCUT2D eigenvalue weighted by atomic mass is 10.1. The van der Waals surface area contributed by atoms with Gasteiger partial charge in [-0.15, -0.1) is 0 Å². The minimum atomic E-state index is -4.38. The molecule has 0 aliphatic rings. The monoisotopic (exact) mass is 438 g/mol. The fraction of sp³-hybridized carbons (Fsp3) is 0.200. The fourth-order valence-corrected chi connectivity index (χ4v) is 3.63. The van der Waals surface area contributed by atoms with E-state index in [-0.39, 0.29) is 6.61 Å². The predicted octanol–water partition coefficient (Wildman–Crippen LogP) is 6.12. The molecule has 7 heteroatoms. The van der Waals surface area contributed by atoms with E-state index in [9.17, 15) is 18.0 Å². The van der Waals surface area contributed by atoms with Crippen LogP contribution in [0.5, 0.6) is 0 Å². The first-order valence-corrected chi connectivity index (χ1v) is 10.2. The molecule has 0 unspecified atom stereocenters. The van der Waals surface area contributed by atoms with Gasteiger partial charge >= 0.3 is 12.1 Å². The number of rotatable bonds is 5. The minimum Gasteiger partial charge on any atom is -0.462 e. The molecule has 0 N–H and O–H groups in total. The van der Waals surface area contributed by atoms with Gasteiger partial charge in [0.05, 0.1) is 28.8 Å². The van der Waals surface area contributed by atoms with Crippen LogP contribution in [0.15, 0.2) is 66.7 Å². The van der Waals surface area contributed by atoms with Crippen LogP contribution < -0.4 is 0 Å². The molecule has 0 spiro atoms. The third-order valence-corrected chi connectivity index (χ3v) is 5.14. The number of imidazole rings is 1. The van der Waals surface area contributed by atoms with Crippen LogP contribution in [0.2, 0.25) is 0 Å². The normalized spacial score (nSPS) is 11.7. The van der Waals surface area contributed by atoms with Gasteiger partial charge in [0.2, 0.25) is 0 Å². The number of alkyl halides is 3. The Morgan fingerprint density at radius 1 is 1.03 bits per heavy atom. The van der Waals surface area contributed by atoms with Crippen molar-refractivity contribution >= 4 is 17.0 Å². The molecule has 0 radical (unpaired) electrons. The number of nitrogens with zero attached hydrogens (tertiary/aromatic N) is 2. The Morgan fingerprint density at radius 2 is 1.78 bits per heavy atom. The highest BCUT2D eigenvalue weighted by Gasteiger charge is 2.30. The summed E-state index contributed by atoms with van der Waals surface area (Å²) >= 11 is 0. The number of aromatic nitrogens is 2. The molecular weight excluding hydrogens is 417 g/mol. The Kier molecular flexibility index (Phi) is 5.74. The van der Waals surface area contributed by atoms with E-state index in [2.05, 4.69) is 0 Å². The first kappa shape index (κ1) is 21.6. The fourth-order valence-electron chi connectivity index (χ4n) is 3.63. The molecule has 0 saturated carbocycles. The topological polar surface area (TPSA) is 44.1 Å². The lowest BCUT2D eigenvalue weighted by molar-refractivity contribution is -0.137. The van der Waals surface area contributed by atoms with Crippen LogP contribution in [0.4, 0.5) is 13.2 Å². The van der Waals surface area contributed by atoms with Gasteiger partial charge in [-0.05, 0) is 67.4 Å². The average Bonchev–Trinajstić information content (AvgIpc) is 3.10. The van der Waals surface area contributed by atoms with Crippen LogP contribution >= 0.6 is 0 Å². The van der Waals surface area contributed by atoms with Crippen molar-refractivity contribution in [2.45, 2.75) is 26.4 Å². The van der Waals surface area contributed by atoms with Crippen LogP contribution in [0.25, 0.3) is 16.7 Å². The Labute approximate surface area is 183 Å². The summed E-state index contributed by atoms with van der Waals surface area (Å²) < 4.78 is 45.8. The van der Waals surface area contributed by atoms with Gasteiger partial charge in [0.25, 0.3) is 0 Å². The van der Waals surface area contributed by atoms with E-state index >= 15 is 0 Å². The number of halogens is 3. The molecule has 4 aromatic rings. The van der Waals surface area contributed by atoms with Crippen LogP contribution in [0.3, 0.4) is 0 Å². The molecule has 32 heavy (non-hydrogen) atoms. The number of aryl methyl sites for hydroxylation is 1. The van der Waals surface area contributed by atoms with Crippen molar-refractivity contribution in [2.75, 3.05) is 6.61 Å². The van der Waals surface area contributed by atoms with Gasteiger partial charge in [0.15, 0.2) is 0 Å². The number of hydrogen-bond acceptors (Lipinski definition) is 3. The summed E-state index contributed by atoms with van der Waals surface area (Å²) in [5.74, 6) is 0.241. The molecule has 0 aliphatic heterocycles. The van der Waals surface area contributed by atoms with E-state index in [0.717, 1.165) is 34.4 Å². The van der Waals surface area contributed by atoms with Gasteiger partial charge in [-0.3, -0.25) is 4.57 Å². The second kappa shape index (κ2) is 8.49. The molecule has 1 aromatic heterocycles. The zero-order chi connectivity index (χ0) is 22.9. The summed E-state index contributed by atoms with van der Waals surface area (Å²) in [6.45, 7) is 3.99. The van der Waals surface area contributed by atoms with Crippen LogP contribution in [-0.2, 0) is 17.3 Å². The first-order valence-electron chi connectivity index (χ1n) is 10.2. The molecule has 4 nitrogen and oxygen atoms in total. The van der Waals surface area contributed by atoms with Crippen molar-refractivity contribution in [1.29, 1.82) is 0 Å². The van der Waals surface area contributed by atoms with E-state index in [0.29, 0.717) is 23.4 Å². The molecule has 164 valence electrons. The quantitative estimate of drug-likeness (QED) is 0.353. The molecule has 4 rings (SSSR count). The number of fused-ring (bicyclic) bond motifs is 1. The number of carbonyl (C=O) groups excluding carboxylic acids is 1. The van der Waals surface area contributed by atoms with E-state index < -0.39 is 17.7 Å². The Bertz CT molecular complexity index is 1270. The number of benzene rings is 3. The average molecular weight is 438 g/mol. The Morgan fingerprint density at radius 3 is 2.47 bits per heavy atom. The highest BCUT2D eigenvalue weighted by molar-refractivity contribution is 5.90. The summed E-state index contributed by atoms with van der Waals surface area (Å²) in [4.78, 5) is 17.0. The van der Waals surface area contributed by atoms with Crippen molar-refractivity contribution in [3.8, 4) is 5.69 Å².